The zero-order valence-electron chi connectivity index (χ0n) is 33.1. The van der Waals surface area contributed by atoms with Gasteiger partial charge in [-0.15, -0.1) is 0 Å². The van der Waals surface area contributed by atoms with Gasteiger partial charge in [0, 0.05) is 12.8 Å². The van der Waals surface area contributed by atoms with Gasteiger partial charge >= 0.3 is 5.97 Å². The standard InChI is InChI=1S/C40H78NO10P/c1-3-5-7-9-11-13-15-17-18-20-22-24-26-28-30-32-39(44)49-33-36(42)34-50-52(47,48)51-35-37(40(45)46)41-38(43)31-29-27-25-23-21-19-16-14-12-10-8-6-4-2/h36-37,42H,3-35H2,1-2H3,(H,41,43)(H,45,46)(H,47,48)/p-2/t36-,37+/m1/s1. The van der Waals surface area contributed by atoms with Crippen LogP contribution in [-0.2, 0) is 32.7 Å². The van der Waals surface area contributed by atoms with E-state index >= 15 is 0 Å². The molecule has 0 aromatic heterocycles. The summed E-state index contributed by atoms with van der Waals surface area (Å²) in [6, 6.07) is -1.69. The lowest BCUT2D eigenvalue weighted by molar-refractivity contribution is -0.309. The number of nitrogens with one attached hydrogen (secondary N) is 1. The second-order valence-electron chi connectivity index (χ2n) is 14.5. The highest BCUT2D eigenvalue weighted by molar-refractivity contribution is 7.45. The molecular weight excluding hydrogens is 685 g/mol. The number of carboxylic acids is 1. The SMILES string of the molecule is CCCCCCCCCCCCCCCCCC(=O)OC[C@@H](O)COP(=O)([O-])OC[C@H](NC(=O)CCCCCCCCCCCCCCC)C(=O)[O-]. The molecule has 0 aliphatic rings. The van der Waals surface area contributed by atoms with Crippen LogP contribution in [0.2, 0.25) is 0 Å². The minimum absolute atomic E-state index is 0.109. The van der Waals surface area contributed by atoms with Crippen molar-refractivity contribution in [2.24, 2.45) is 0 Å². The Morgan fingerprint density at radius 3 is 1.29 bits per heavy atom. The van der Waals surface area contributed by atoms with E-state index in [0.717, 1.165) is 38.5 Å². The van der Waals surface area contributed by atoms with E-state index in [1.807, 2.05) is 0 Å². The topological polar surface area (TPSA) is 174 Å². The number of rotatable bonds is 40. The second-order valence-corrected chi connectivity index (χ2v) is 15.9. The number of aliphatic hydroxyl groups is 1. The van der Waals surface area contributed by atoms with Crippen LogP contribution in [0.5, 0.6) is 0 Å². The fourth-order valence-electron chi connectivity index (χ4n) is 6.07. The van der Waals surface area contributed by atoms with Gasteiger partial charge in [-0.3, -0.25) is 14.2 Å². The number of hydrogen-bond acceptors (Lipinski definition) is 10. The monoisotopic (exact) mass is 762 g/mol. The fourth-order valence-corrected chi connectivity index (χ4v) is 6.83. The summed E-state index contributed by atoms with van der Waals surface area (Å²) in [4.78, 5) is 47.8. The summed E-state index contributed by atoms with van der Waals surface area (Å²) in [5, 5.41) is 23.7. The number of amides is 1. The van der Waals surface area contributed by atoms with E-state index in [2.05, 4.69) is 28.2 Å². The summed E-state index contributed by atoms with van der Waals surface area (Å²) in [6.45, 7) is 2.35. The van der Waals surface area contributed by atoms with Crippen LogP contribution in [0.1, 0.15) is 206 Å². The van der Waals surface area contributed by atoms with Crippen LogP contribution < -0.4 is 15.3 Å². The third-order valence-corrected chi connectivity index (χ3v) is 10.3. The van der Waals surface area contributed by atoms with Crippen LogP contribution in [0.3, 0.4) is 0 Å². The normalized spacial score (nSPS) is 13.8. The van der Waals surface area contributed by atoms with Crippen molar-refractivity contribution in [3.8, 4) is 0 Å². The summed E-state index contributed by atoms with van der Waals surface area (Å²) in [7, 11) is -5.02. The average Bonchev–Trinajstić information content (AvgIpc) is 3.11. The molecular formula is C40H76NO10P-2. The van der Waals surface area contributed by atoms with Crippen LogP contribution in [0.4, 0.5) is 0 Å². The molecule has 0 rings (SSSR count). The molecule has 0 radical (unpaired) electrons. The van der Waals surface area contributed by atoms with Crippen molar-refractivity contribution in [1.82, 2.24) is 5.32 Å². The van der Waals surface area contributed by atoms with Gasteiger partial charge in [-0.25, -0.2) is 0 Å². The number of hydrogen-bond donors (Lipinski definition) is 2. The number of aliphatic carboxylic acids is 1. The van der Waals surface area contributed by atoms with Crippen molar-refractivity contribution < 1.29 is 47.8 Å². The van der Waals surface area contributed by atoms with Gasteiger partial charge in [0.2, 0.25) is 5.91 Å². The molecule has 0 heterocycles. The van der Waals surface area contributed by atoms with Crippen LogP contribution in [0.15, 0.2) is 0 Å². The summed E-state index contributed by atoms with van der Waals surface area (Å²) in [5.74, 6) is -2.72. The number of unbranched alkanes of at least 4 members (excludes halogenated alkanes) is 26. The quantitative estimate of drug-likeness (QED) is 0.0351. The third-order valence-electron chi connectivity index (χ3n) is 9.37. The van der Waals surface area contributed by atoms with Crippen molar-refractivity contribution in [1.29, 1.82) is 0 Å². The molecule has 0 bridgehead atoms. The van der Waals surface area contributed by atoms with Gasteiger partial charge in [0.15, 0.2) is 0 Å². The number of carbonyl (C=O) groups excluding carboxylic acids is 3. The molecule has 52 heavy (non-hydrogen) atoms. The van der Waals surface area contributed by atoms with Gasteiger partial charge in [-0.05, 0) is 12.8 Å². The van der Waals surface area contributed by atoms with Crippen LogP contribution in [0.25, 0.3) is 0 Å². The molecule has 0 saturated heterocycles. The van der Waals surface area contributed by atoms with Crippen molar-refractivity contribution in [3.05, 3.63) is 0 Å². The first-order chi connectivity index (χ1) is 25.1. The molecule has 2 N–H and O–H groups in total. The van der Waals surface area contributed by atoms with Crippen molar-refractivity contribution in [2.75, 3.05) is 19.8 Å². The molecule has 0 aromatic rings. The van der Waals surface area contributed by atoms with E-state index in [9.17, 15) is 34.1 Å². The predicted molar refractivity (Wildman–Crippen MR) is 203 cm³/mol. The number of aliphatic hydroxyl groups excluding tert-OH is 1. The van der Waals surface area contributed by atoms with Gasteiger partial charge in [-0.1, -0.05) is 181 Å². The lowest BCUT2D eigenvalue weighted by Crippen LogP contribution is -2.50. The fraction of sp³-hybridized carbons (Fsp3) is 0.925. The highest BCUT2D eigenvalue weighted by Gasteiger charge is 2.20. The third kappa shape index (κ3) is 35.5. The summed E-state index contributed by atoms with van der Waals surface area (Å²) in [5.41, 5.74) is 0. The van der Waals surface area contributed by atoms with Crippen molar-refractivity contribution in [3.63, 3.8) is 0 Å². The number of ether oxygens (including phenoxy) is 1. The molecule has 0 fully saturated rings. The Kier molecular flexibility index (Phi) is 35.4. The largest absolute Gasteiger partial charge is 0.756 e. The maximum absolute atomic E-state index is 12.2. The Morgan fingerprint density at radius 2 is 0.904 bits per heavy atom. The number of carbonyl (C=O) groups is 3. The molecule has 1 unspecified atom stereocenters. The van der Waals surface area contributed by atoms with Gasteiger partial charge in [0.1, 0.15) is 12.7 Å². The lowest BCUT2D eigenvalue weighted by atomic mass is 10.0. The van der Waals surface area contributed by atoms with E-state index in [4.69, 9.17) is 4.74 Å². The Labute approximate surface area is 316 Å². The van der Waals surface area contributed by atoms with Crippen molar-refractivity contribution >= 4 is 25.7 Å². The Balaban J connectivity index is 3.89. The smallest absolute Gasteiger partial charge is 0.305 e. The highest BCUT2D eigenvalue weighted by Crippen LogP contribution is 2.38. The van der Waals surface area contributed by atoms with Crippen molar-refractivity contribution in [2.45, 2.75) is 219 Å². The highest BCUT2D eigenvalue weighted by atomic mass is 31.2. The number of carboxylic acid groups (broad SMARTS) is 1. The van der Waals surface area contributed by atoms with Gasteiger partial charge in [-0.2, -0.15) is 0 Å². The Bertz CT molecular complexity index is 906. The van der Waals surface area contributed by atoms with E-state index in [-0.39, 0.29) is 12.8 Å². The molecule has 1 amide bonds. The molecule has 0 aliphatic heterocycles. The van der Waals surface area contributed by atoms with E-state index in [1.54, 1.807) is 0 Å². The van der Waals surface area contributed by atoms with Gasteiger partial charge < -0.3 is 39.0 Å². The van der Waals surface area contributed by atoms with Gasteiger partial charge in [0.25, 0.3) is 7.82 Å². The first-order valence-electron chi connectivity index (χ1n) is 21.0. The first kappa shape index (κ1) is 50.5. The second kappa shape index (κ2) is 36.5. The number of phosphoric acid groups is 1. The van der Waals surface area contributed by atoms with E-state index in [1.165, 1.54) is 128 Å². The van der Waals surface area contributed by atoms with E-state index < -0.39 is 57.6 Å². The molecule has 3 atom stereocenters. The molecule has 0 spiro atoms. The lowest BCUT2D eigenvalue weighted by Gasteiger charge is -2.27. The molecule has 12 heteroatoms. The molecule has 11 nitrogen and oxygen atoms in total. The van der Waals surface area contributed by atoms with Crippen LogP contribution in [0, 0.1) is 0 Å². The summed E-state index contributed by atoms with van der Waals surface area (Å²) < 4.78 is 26.3. The zero-order valence-corrected chi connectivity index (χ0v) is 34.0. The summed E-state index contributed by atoms with van der Waals surface area (Å²) >= 11 is 0. The maximum Gasteiger partial charge on any atom is 0.305 e. The molecule has 0 aliphatic carbocycles. The van der Waals surface area contributed by atoms with Crippen LogP contribution >= 0.6 is 7.82 Å². The molecule has 0 saturated carbocycles. The summed E-state index contributed by atoms with van der Waals surface area (Å²) in [6.07, 6.45) is 32.3. The first-order valence-corrected chi connectivity index (χ1v) is 22.5. The van der Waals surface area contributed by atoms with Crippen LogP contribution in [-0.4, -0.2) is 54.9 Å². The average molecular weight is 762 g/mol. The van der Waals surface area contributed by atoms with Gasteiger partial charge in [0.05, 0.1) is 25.2 Å². The number of esters is 1. The zero-order chi connectivity index (χ0) is 38.5. The predicted octanol–water partition coefficient (Wildman–Crippen LogP) is 8.37. The van der Waals surface area contributed by atoms with E-state index in [0.29, 0.717) is 12.8 Å². The minimum Gasteiger partial charge on any atom is -0.756 e. The Hall–Kier alpha value is -1.52. The minimum atomic E-state index is -5.02. The Morgan fingerprint density at radius 1 is 0.558 bits per heavy atom. The maximum atomic E-state index is 12.2. The molecule has 0 aromatic carbocycles. The number of phosphoric ester groups is 1. The molecule has 308 valence electrons.